The van der Waals surface area contributed by atoms with Crippen LogP contribution in [0.3, 0.4) is 0 Å². The summed E-state index contributed by atoms with van der Waals surface area (Å²) in [6.07, 6.45) is 1.80. The molecule has 2 aliphatic rings. The number of anilines is 6. The molecule has 2 aliphatic carbocycles. The largest absolute Gasteiger partial charge is 0.421 e. The predicted octanol–water partition coefficient (Wildman–Crippen LogP) is 7.36. The van der Waals surface area contributed by atoms with Crippen molar-refractivity contribution in [2.45, 2.75) is 50.1 Å². The first-order valence-electron chi connectivity index (χ1n) is 14.9. The van der Waals surface area contributed by atoms with Crippen molar-refractivity contribution in [2.75, 3.05) is 21.3 Å². The zero-order chi connectivity index (χ0) is 33.2. The van der Waals surface area contributed by atoms with E-state index in [9.17, 15) is 26.3 Å². The molecule has 246 valence electrons. The number of nitrogens with one attached hydrogen (secondary N) is 6. The average molecular weight is 667 g/mol. The topological polar surface area (TPSA) is 157 Å². The molecule has 0 aliphatic heterocycles. The van der Waals surface area contributed by atoms with Crippen molar-refractivity contribution < 1.29 is 26.3 Å². The van der Waals surface area contributed by atoms with Crippen LogP contribution < -0.4 is 21.3 Å². The summed E-state index contributed by atoms with van der Waals surface area (Å²) in [5.41, 5.74) is 1.06. The van der Waals surface area contributed by atoms with Crippen molar-refractivity contribution in [3.05, 3.63) is 60.4 Å². The molecule has 2 fully saturated rings. The summed E-state index contributed by atoms with van der Waals surface area (Å²) < 4.78 is 82.1. The molecule has 48 heavy (non-hydrogen) atoms. The third-order valence-electron chi connectivity index (χ3n) is 7.89. The summed E-state index contributed by atoms with van der Waals surface area (Å²) in [5.74, 6) is -0.659. The zero-order valence-electron chi connectivity index (χ0n) is 24.6. The van der Waals surface area contributed by atoms with E-state index in [1.54, 1.807) is 24.5 Å². The molecule has 6 aromatic heterocycles. The molecule has 0 atom stereocenters. The third-order valence-corrected chi connectivity index (χ3v) is 7.89. The third kappa shape index (κ3) is 5.95. The molecule has 0 unspecified atom stereocenters. The molecule has 0 bridgehead atoms. The van der Waals surface area contributed by atoms with Crippen LogP contribution >= 0.6 is 0 Å². The van der Waals surface area contributed by atoms with Crippen molar-refractivity contribution in [1.29, 1.82) is 0 Å². The number of pyridine rings is 2. The van der Waals surface area contributed by atoms with E-state index in [2.05, 4.69) is 61.1 Å². The summed E-state index contributed by atoms with van der Waals surface area (Å²) in [5, 5.41) is 12.8. The molecule has 0 saturated heterocycles. The average Bonchev–Trinajstić information content (AvgIpc) is 3.95. The maximum absolute atomic E-state index is 13.8. The Morgan fingerprint density at radius 1 is 0.583 bits per heavy atom. The molecule has 0 radical (unpaired) electrons. The molecule has 0 amide bonds. The first-order valence-corrected chi connectivity index (χ1v) is 14.9. The van der Waals surface area contributed by atoms with E-state index in [1.165, 1.54) is 12.4 Å². The van der Waals surface area contributed by atoms with Crippen molar-refractivity contribution in [3.8, 4) is 11.1 Å². The lowest BCUT2D eigenvalue weighted by molar-refractivity contribution is -0.138. The van der Waals surface area contributed by atoms with Crippen LogP contribution in [0.2, 0.25) is 0 Å². The Kier molecular flexibility index (Phi) is 6.78. The van der Waals surface area contributed by atoms with Gasteiger partial charge in [-0.2, -0.15) is 36.3 Å². The van der Waals surface area contributed by atoms with E-state index in [0.717, 1.165) is 38.1 Å². The van der Waals surface area contributed by atoms with Crippen molar-refractivity contribution in [2.24, 2.45) is 0 Å². The van der Waals surface area contributed by atoms with Crippen molar-refractivity contribution >= 4 is 57.0 Å². The van der Waals surface area contributed by atoms with Crippen LogP contribution in [0.5, 0.6) is 0 Å². The van der Waals surface area contributed by atoms with Gasteiger partial charge in [0.1, 0.15) is 34.1 Å². The van der Waals surface area contributed by atoms with Crippen LogP contribution in [0.25, 0.3) is 33.2 Å². The van der Waals surface area contributed by atoms with Crippen LogP contribution in [0.15, 0.2) is 49.3 Å². The highest BCUT2D eigenvalue weighted by molar-refractivity contribution is 6.04. The van der Waals surface area contributed by atoms with E-state index < -0.39 is 29.3 Å². The normalized spacial score (nSPS) is 15.2. The predicted molar refractivity (Wildman–Crippen MR) is 165 cm³/mol. The molecule has 0 spiro atoms. The number of alkyl halides is 6. The number of H-pyrrole nitrogens is 2. The highest BCUT2D eigenvalue weighted by atomic mass is 19.4. The summed E-state index contributed by atoms with van der Waals surface area (Å²) in [4.78, 5) is 30.9. The smallest absolute Gasteiger partial charge is 0.367 e. The molecule has 12 nitrogen and oxygen atoms in total. The fourth-order valence-electron chi connectivity index (χ4n) is 5.20. The van der Waals surface area contributed by atoms with Gasteiger partial charge in [0, 0.05) is 58.8 Å². The Morgan fingerprint density at radius 2 is 1.08 bits per heavy atom. The van der Waals surface area contributed by atoms with Gasteiger partial charge in [-0.05, 0) is 37.8 Å². The zero-order valence-corrected chi connectivity index (χ0v) is 24.6. The van der Waals surface area contributed by atoms with Gasteiger partial charge >= 0.3 is 12.4 Å². The second-order valence-electron chi connectivity index (χ2n) is 11.6. The van der Waals surface area contributed by atoms with Crippen LogP contribution in [0.1, 0.15) is 36.8 Å². The number of aromatic amines is 2. The van der Waals surface area contributed by atoms with Gasteiger partial charge in [-0.25, -0.2) is 19.9 Å². The van der Waals surface area contributed by atoms with Gasteiger partial charge in [0.15, 0.2) is 0 Å². The number of hydrogen-bond acceptors (Lipinski definition) is 10. The van der Waals surface area contributed by atoms with Crippen molar-refractivity contribution in [1.82, 2.24) is 39.9 Å². The summed E-state index contributed by atoms with van der Waals surface area (Å²) in [6.45, 7) is 0. The molecule has 6 aromatic rings. The number of aromatic nitrogens is 8. The van der Waals surface area contributed by atoms with Crippen LogP contribution in [0, 0.1) is 0 Å². The molecule has 2 saturated carbocycles. The van der Waals surface area contributed by atoms with Gasteiger partial charge in [-0.15, -0.1) is 0 Å². The first-order chi connectivity index (χ1) is 23.0. The lowest BCUT2D eigenvalue weighted by Gasteiger charge is -2.15. The van der Waals surface area contributed by atoms with Gasteiger partial charge in [0.05, 0.1) is 23.8 Å². The fraction of sp³-hybridized carbons (Fsp3) is 0.267. The number of halogens is 6. The number of nitrogens with zero attached hydrogens (tertiary/aromatic N) is 6. The fourth-order valence-corrected chi connectivity index (χ4v) is 5.20. The van der Waals surface area contributed by atoms with Gasteiger partial charge in [-0.3, -0.25) is 0 Å². The van der Waals surface area contributed by atoms with Gasteiger partial charge < -0.3 is 31.2 Å². The Bertz CT molecular complexity index is 2160. The van der Waals surface area contributed by atoms with E-state index in [1.807, 2.05) is 0 Å². The Labute approximate surface area is 266 Å². The van der Waals surface area contributed by atoms with E-state index >= 15 is 0 Å². The quantitative estimate of drug-likeness (QED) is 0.0862. The van der Waals surface area contributed by atoms with Crippen LogP contribution in [-0.4, -0.2) is 52.0 Å². The SMILES string of the molecule is FC(F)(F)c1cnc(NC2CC2)nc1Nc1cnc2[nH]cc(-c3c[nH]c4ncc(Nc5ncc(C(F)(F)F)c(NC6CC6)n5)cc34)c2c1. The molecular formula is C30H24F6N12. The first kappa shape index (κ1) is 29.7. The minimum Gasteiger partial charge on any atom is -0.367 e. The highest BCUT2D eigenvalue weighted by Gasteiger charge is 2.37. The highest BCUT2D eigenvalue weighted by Crippen LogP contribution is 2.39. The molecule has 6 N–H and O–H groups in total. The number of fused-ring (bicyclic) bond motifs is 2. The summed E-state index contributed by atoms with van der Waals surface area (Å²) >= 11 is 0. The standard InChI is InChI=1S/C30H24F6N12/c31-29(32,33)21-11-42-28(47-25(21)43-13-1-2-13)46-16-6-18-20(10-40-24(18)38-8-16)19-9-39-23-17(19)5-15(7-37-23)44-26-22(30(34,35)36)12-41-27(48-26)45-14-3-4-14/h5-14H,1-4H2,(H,37,39)(H,38,40)(H2,41,44,45,48)(H2,42,43,46,47). The maximum Gasteiger partial charge on any atom is 0.421 e. The Morgan fingerprint density at radius 3 is 1.65 bits per heavy atom. The Balaban J connectivity index is 1.11. The summed E-state index contributed by atoms with van der Waals surface area (Å²) in [6, 6.07) is 3.47. The van der Waals surface area contributed by atoms with Gasteiger partial charge in [0.25, 0.3) is 0 Å². The second-order valence-corrected chi connectivity index (χ2v) is 11.6. The van der Waals surface area contributed by atoms with Crippen molar-refractivity contribution in [3.63, 3.8) is 0 Å². The van der Waals surface area contributed by atoms with E-state index in [4.69, 9.17) is 0 Å². The lowest BCUT2D eigenvalue weighted by Crippen LogP contribution is -2.15. The molecule has 0 aromatic carbocycles. The number of rotatable bonds is 9. The molecule has 8 rings (SSSR count). The minimum absolute atomic E-state index is 0.0465. The molecule has 6 heterocycles. The molecule has 18 heteroatoms. The second kappa shape index (κ2) is 11.0. The van der Waals surface area contributed by atoms with E-state index in [-0.39, 0.29) is 35.5 Å². The molecular weight excluding hydrogens is 642 g/mol. The van der Waals surface area contributed by atoms with Gasteiger partial charge in [-0.1, -0.05) is 0 Å². The summed E-state index contributed by atoms with van der Waals surface area (Å²) in [7, 11) is 0. The lowest BCUT2D eigenvalue weighted by atomic mass is 10.1. The maximum atomic E-state index is 13.8. The monoisotopic (exact) mass is 666 g/mol. The van der Waals surface area contributed by atoms with E-state index in [0.29, 0.717) is 38.9 Å². The number of hydrogen-bond donors (Lipinski definition) is 6. The van der Waals surface area contributed by atoms with Gasteiger partial charge in [0.2, 0.25) is 11.9 Å². The Hall–Kier alpha value is -5.68. The van der Waals surface area contributed by atoms with Crippen LogP contribution in [0.4, 0.5) is 61.2 Å². The van der Waals surface area contributed by atoms with Crippen LogP contribution in [-0.2, 0) is 12.4 Å². The minimum atomic E-state index is -4.69.